The molecule has 2 aromatic rings. The SMILES string of the molecule is Cn1c(C(=O)NCC2CCCO2)cc2occc21. The Balaban J connectivity index is 1.71. The van der Waals surface area contributed by atoms with E-state index in [1.54, 1.807) is 12.3 Å². The van der Waals surface area contributed by atoms with Gasteiger partial charge >= 0.3 is 0 Å². The molecule has 1 amide bonds. The summed E-state index contributed by atoms with van der Waals surface area (Å²) in [6.45, 7) is 1.38. The summed E-state index contributed by atoms with van der Waals surface area (Å²) >= 11 is 0. The van der Waals surface area contributed by atoms with E-state index in [1.807, 2.05) is 17.7 Å². The lowest BCUT2D eigenvalue weighted by atomic mass is 10.2. The van der Waals surface area contributed by atoms with Crippen molar-refractivity contribution in [1.29, 1.82) is 0 Å². The topological polar surface area (TPSA) is 56.4 Å². The second kappa shape index (κ2) is 4.49. The first-order valence-electron chi connectivity index (χ1n) is 6.18. The normalized spacial score (nSPS) is 19.5. The molecule has 0 bridgehead atoms. The number of carbonyl (C=O) groups excluding carboxylic acids is 1. The second-order valence-corrected chi connectivity index (χ2v) is 4.60. The number of aromatic nitrogens is 1. The minimum atomic E-state index is -0.0839. The van der Waals surface area contributed by atoms with Gasteiger partial charge in [0.25, 0.3) is 5.91 Å². The van der Waals surface area contributed by atoms with Gasteiger partial charge in [0.05, 0.1) is 17.9 Å². The fraction of sp³-hybridized carbons (Fsp3) is 0.462. The predicted molar refractivity (Wildman–Crippen MR) is 66.5 cm³/mol. The Labute approximate surface area is 105 Å². The van der Waals surface area contributed by atoms with Gasteiger partial charge in [-0.1, -0.05) is 0 Å². The van der Waals surface area contributed by atoms with Gasteiger partial charge in [-0.15, -0.1) is 0 Å². The summed E-state index contributed by atoms with van der Waals surface area (Å²) in [6, 6.07) is 3.62. The molecule has 1 saturated heterocycles. The average molecular weight is 248 g/mol. The van der Waals surface area contributed by atoms with Crippen LogP contribution in [-0.2, 0) is 11.8 Å². The highest BCUT2D eigenvalue weighted by molar-refractivity contribution is 5.97. The number of nitrogens with one attached hydrogen (secondary N) is 1. The smallest absolute Gasteiger partial charge is 0.268 e. The number of aryl methyl sites for hydroxylation is 1. The van der Waals surface area contributed by atoms with Crippen molar-refractivity contribution in [3.8, 4) is 0 Å². The van der Waals surface area contributed by atoms with Crippen molar-refractivity contribution in [3.05, 3.63) is 24.1 Å². The average Bonchev–Trinajstić information content (AvgIpc) is 3.05. The highest BCUT2D eigenvalue weighted by Gasteiger charge is 2.19. The molecule has 1 unspecified atom stereocenters. The summed E-state index contributed by atoms with van der Waals surface area (Å²) in [5.41, 5.74) is 2.28. The van der Waals surface area contributed by atoms with Crippen molar-refractivity contribution < 1.29 is 13.9 Å². The first-order chi connectivity index (χ1) is 8.75. The highest BCUT2D eigenvalue weighted by Crippen LogP contribution is 2.19. The van der Waals surface area contributed by atoms with Gasteiger partial charge in [0.1, 0.15) is 5.69 Å². The molecule has 0 saturated carbocycles. The summed E-state index contributed by atoms with van der Waals surface area (Å²) in [5, 5.41) is 2.91. The third kappa shape index (κ3) is 1.90. The maximum Gasteiger partial charge on any atom is 0.268 e. The number of fused-ring (bicyclic) bond motifs is 1. The standard InChI is InChI=1S/C13H16N2O3/c1-15-10-4-6-18-12(10)7-11(15)13(16)14-8-9-3-2-5-17-9/h4,6-7,9H,2-3,5,8H2,1H3,(H,14,16). The molecule has 1 aliphatic heterocycles. The van der Waals surface area contributed by atoms with E-state index in [-0.39, 0.29) is 12.0 Å². The summed E-state index contributed by atoms with van der Waals surface area (Å²) < 4.78 is 12.6. The predicted octanol–water partition coefficient (Wildman–Crippen LogP) is 1.68. The minimum Gasteiger partial charge on any atom is -0.463 e. The molecule has 18 heavy (non-hydrogen) atoms. The van der Waals surface area contributed by atoms with E-state index in [1.165, 1.54) is 0 Å². The Morgan fingerprint density at radius 2 is 2.50 bits per heavy atom. The molecule has 0 aromatic carbocycles. The minimum absolute atomic E-state index is 0.0839. The molecular weight excluding hydrogens is 232 g/mol. The number of furan rings is 1. The number of hydrogen-bond donors (Lipinski definition) is 1. The lowest BCUT2D eigenvalue weighted by Gasteiger charge is -2.11. The monoisotopic (exact) mass is 248 g/mol. The lowest BCUT2D eigenvalue weighted by molar-refractivity contribution is 0.0851. The maximum absolute atomic E-state index is 12.1. The molecule has 96 valence electrons. The number of nitrogens with zero attached hydrogens (tertiary/aromatic N) is 1. The number of amides is 1. The van der Waals surface area contributed by atoms with E-state index in [0.717, 1.165) is 30.5 Å². The molecule has 0 radical (unpaired) electrons. The second-order valence-electron chi connectivity index (χ2n) is 4.60. The van der Waals surface area contributed by atoms with Crippen molar-refractivity contribution in [2.45, 2.75) is 18.9 Å². The van der Waals surface area contributed by atoms with E-state index in [9.17, 15) is 4.79 Å². The van der Waals surface area contributed by atoms with Gasteiger partial charge < -0.3 is 19.0 Å². The van der Waals surface area contributed by atoms with E-state index in [2.05, 4.69) is 5.32 Å². The third-order valence-electron chi connectivity index (χ3n) is 3.41. The zero-order valence-electron chi connectivity index (χ0n) is 10.3. The van der Waals surface area contributed by atoms with Crippen LogP contribution in [0.2, 0.25) is 0 Å². The van der Waals surface area contributed by atoms with Gasteiger partial charge in [0, 0.05) is 32.3 Å². The van der Waals surface area contributed by atoms with Crippen molar-refractivity contribution >= 4 is 17.0 Å². The third-order valence-corrected chi connectivity index (χ3v) is 3.41. The Morgan fingerprint density at radius 3 is 3.22 bits per heavy atom. The van der Waals surface area contributed by atoms with Gasteiger partial charge in [-0.25, -0.2) is 0 Å². The molecule has 3 heterocycles. The molecule has 5 heteroatoms. The molecule has 0 aliphatic carbocycles. The van der Waals surface area contributed by atoms with Crippen LogP contribution in [0.15, 0.2) is 22.8 Å². The van der Waals surface area contributed by atoms with Crippen molar-refractivity contribution in [2.24, 2.45) is 7.05 Å². The van der Waals surface area contributed by atoms with Crippen molar-refractivity contribution in [3.63, 3.8) is 0 Å². The fourth-order valence-electron chi connectivity index (χ4n) is 2.37. The van der Waals surface area contributed by atoms with Crippen LogP contribution in [0.1, 0.15) is 23.3 Å². The van der Waals surface area contributed by atoms with E-state index < -0.39 is 0 Å². The Bertz CT molecular complexity index is 564. The Hall–Kier alpha value is -1.75. The van der Waals surface area contributed by atoms with Crippen LogP contribution >= 0.6 is 0 Å². The Morgan fingerprint density at radius 1 is 1.61 bits per heavy atom. The van der Waals surface area contributed by atoms with Crippen LogP contribution in [0, 0.1) is 0 Å². The van der Waals surface area contributed by atoms with Gasteiger partial charge in [-0.05, 0) is 12.8 Å². The van der Waals surface area contributed by atoms with Crippen LogP contribution < -0.4 is 5.32 Å². The van der Waals surface area contributed by atoms with E-state index in [4.69, 9.17) is 9.15 Å². The van der Waals surface area contributed by atoms with Gasteiger partial charge in [0.2, 0.25) is 0 Å². The molecule has 1 fully saturated rings. The number of ether oxygens (including phenoxy) is 1. The van der Waals surface area contributed by atoms with Gasteiger partial charge in [0.15, 0.2) is 5.58 Å². The number of rotatable bonds is 3. The molecule has 0 spiro atoms. The quantitative estimate of drug-likeness (QED) is 0.899. The highest BCUT2D eigenvalue weighted by atomic mass is 16.5. The molecule has 1 aliphatic rings. The molecule has 3 rings (SSSR count). The molecule has 1 N–H and O–H groups in total. The Kier molecular flexibility index (Phi) is 2.83. The van der Waals surface area contributed by atoms with Gasteiger partial charge in [-0.2, -0.15) is 0 Å². The largest absolute Gasteiger partial charge is 0.463 e. The first kappa shape index (κ1) is 11.3. The zero-order chi connectivity index (χ0) is 12.5. The summed E-state index contributed by atoms with van der Waals surface area (Å²) in [5.74, 6) is -0.0839. The van der Waals surface area contributed by atoms with E-state index in [0.29, 0.717) is 12.2 Å². The molecular formula is C13H16N2O3. The van der Waals surface area contributed by atoms with Crippen molar-refractivity contribution in [2.75, 3.05) is 13.2 Å². The summed E-state index contributed by atoms with van der Waals surface area (Å²) in [6.07, 6.45) is 3.89. The first-order valence-corrected chi connectivity index (χ1v) is 6.18. The number of carbonyl (C=O) groups is 1. The zero-order valence-corrected chi connectivity index (χ0v) is 10.3. The molecule has 5 nitrogen and oxygen atoms in total. The van der Waals surface area contributed by atoms with E-state index >= 15 is 0 Å². The summed E-state index contributed by atoms with van der Waals surface area (Å²) in [4.78, 5) is 12.1. The summed E-state index contributed by atoms with van der Waals surface area (Å²) in [7, 11) is 1.86. The number of hydrogen-bond acceptors (Lipinski definition) is 3. The van der Waals surface area contributed by atoms with Crippen LogP contribution in [-0.4, -0.2) is 29.7 Å². The van der Waals surface area contributed by atoms with Crippen LogP contribution in [0.5, 0.6) is 0 Å². The maximum atomic E-state index is 12.1. The van der Waals surface area contributed by atoms with Crippen LogP contribution in [0.4, 0.5) is 0 Å². The molecule has 2 aromatic heterocycles. The van der Waals surface area contributed by atoms with Crippen LogP contribution in [0.3, 0.4) is 0 Å². The lowest BCUT2D eigenvalue weighted by Crippen LogP contribution is -2.32. The molecule has 1 atom stereocenters. The fourth-order valence-corrected chi connectivity index (χ4v) is 2.37. The van der Waals surface area contributed by atoms with Crippen molar-refractivity contribution in [1.82, 2.24) is 9.88 Å². The van der Waals surface area contributed by atoms with Crippen LogP contribution in [0.25, 0.3) is 11.1 Å². The van der Waals surface area contributed by atoms with Gasteiger partial charge in [-0.3, -0.25) is 4.79 Å².